The minimum Gasteiger partial charge on any atom is -0.508 e. The monoisotopic (exact) mass is 481 g/mol. The average molecular weight is 482 g/mol. The fraction of sp³-hybridized carbons (Fsp3) is 0.250. The second kappa shape index (κ2) is 9.52. The molecule has 0 spiro atoms. The molecule has 34 heavy (non-hydrogen) atoms. The van der Waals surface area contributed by atoms with E-state index in [0.717, 1.165) is 17.1 Å². The standard InChI is InChI=1S/C24H27N5O4S/c1-13-6-5-7-15(12-13)29(23(33)20-17(25)18(21(26)31)28-34-20)19(22(32)27-24(2,3)4)14-8-10-16(30)11-9-14/h5-12,19,30H,25H2,1-4H3,(H2,26,31)(H,27,32). The molecule has 10 heteroatoms. The van der Waals surface area contributed by atoms with Gasteiger partial charge in [-0.3, -0.25) is 19.3 Å². The minimum absolute atomic E-state index is 0.0114. The van der Waals surface area contributed by atoms with Crippen molar-refractivity contribution in [3.8, 4) is 5.75 Å². The lowest BCUT2D eigenvalue weighted by Gasteiger charge is -2.33. The van der Waals surface area contributed by atoms with E-state index < -0.39 is 29.3 Å². The van der Waals surface area contributed by atoms with E-state index in [1.54, 1.807) is 30.3 Å². The Morgan fingerprint density at radius 2 is 1.76 bits per heavy atom. The van der Waals surface area contributed by atoms with E-state index in [0.29, 0.717) is 11.3 Å². The van der Waals surface area contributed by atoms with E-state index in [-0.39, 0.29) is 22.0 Å². The lowest BCUT2D eigenvalue weighted by atomic mass is 10.00. The molecular formula is C24H27N5O4S. The summed E-state index contributed by atoms with van der Waals surface area (Å²) in [6.07, 6.45) is 0. The number of nitrogens with zero attached hydrogens (tertiary/aromatic N) is 2. The summed E-state index contributed by atoms with van der Waals surface area (Å²) in [4.78, 5) is 40.5. The zero-order chi connectivity index (χ0) is 25.2. The molecule has 178 valence electrons. The summed E-state index contributed by atoms with van der Waals surface area (Å²) in [5.74, 6) is -1.89. The van der Waals surface area contributed by atoms with Crippen LogP contribution >= 0.6 is 11.5 Å². The van der Waals surface area contributed by atoms with Crippen LogP contribution in [0.5, 0.6) is 5.75 Å². The number of phenolic OH excluding ortho intramolecular Hbond substituents is 1. The highest BCUT2D eigenvalue weighted by Gasteiger charge is 2.37. The number of benzene rings is 2. The van der Waals surface area contributed by atoms with Crippen molar-refractivity contribution >= 4 is 40.6 Å². The van der Waals surface area contributed by atoms with Gasteiger partial charge in [0.25, 0.3) is 11.8 Å². The van der Waals surface area contributed by atoms with Crippen LogP contribution in [-0.4, -0.2) is 32.7 Å². The number of carbonyl (C=O) groups is 3. The average Bonchev–Trinajstić information content (AvgIpc) is 3.12. The fourth-order valence-corrected chi connectivity index (χ4v) is 4.15. The molecule has 1 unspecified atom stereocenters. The van der Waals surface area contributed by atoms with Gasteiger partial charge in [-0.1, -0.05) is 24.3 Å². The third kappa shape index (κ3) is 5.34. The smallest absolute Gasteiger partial charge is 0.273 e. The summed E-state index contributed by atoms with van der Waals surface area (Å²) < 4.78 is 3.94. The van der Waals surface area contributed by atoms with Gasteiger partial charge in [0.15, 0.2) is 5.69 Å². The maximum Gasteiger partial charge on any atom is 0.273 e. The molecular weight excluding hydrogens is 454 g/mol. The second-order valence-corrected chi connectivity index (χ2v) is 9.66. The van der Waals surface area contributed by atoms with Crippen LogP contribution in [0.2, 0.25) is 0 Å². The molecule has 0 aliphatic rings. The molecule has 0 saturated carbocycles. The van der Waals surface area contributed by atoms with Gasteiger partial charge < -0.3 is 21.9 Å². The van der Waals surface area contributed by atoms with Crippen molar-refractivity contribution in [1.82, 2.24) is 9.69 Å². The maximum absolute atomic E-state index is 13.9. The largest absolute Gasteiger partial charge is 0.508 e. The van der Waals surface area contributed by atoms with Gasteiger partial charge >= 0.3 is 0 Å². The van der Waals surface area contributed by atoms with Crippen LogP contribution in [0.3, 0.4) is 0 Å². The Labute approximate surface area is 201 Å². The van der Waals surface area contributed by atoms with Crippen LogP contribution in [0, 0.1) is 6.92 Å². The van der Waals surface area contributed by atoms with Crippen LogP contribution in [0.4, 0.5) is 11.4 Å². The van der Waals surface area contributed by atoms with Crippen molar-refractivity contribution in [2.24, 2.45) is 5.73 Å². The molecule has 9 nitrogen and oxygen atoms in total. The van der Waals surface area contributed by atoms with Crippen molar-refractivity contribution in [3.63, 3.8) is 0 Å². The van der Waals surface area contributed by atoms with E-state index in [1.807, 2.05) is 33.8 Å². The first-order valence-electron chi connectivity index (χ1n) is 10.4. The number of aromatic hydroxyl groups is 1. The zero-order valence-corrected chi connectivity index (χ0v) is 20.1. The predicted octanol–water partition coefficient (Wildman–Crippen LogP) is 3.14. The molecule has 0 radical (unpaired) electrons. The Bertz CT molecular complexity index is 1230. The first-order valence-corrected chi connectivity index (χ1v) is 11.2. The van der Waals surface area contributed by atoms with Gasteiger partial charge in [-0.2, -0.15) is 4.37 Å². The molecule has 0 aliphatic carbocycles. The molecule has 0 fully saturated rings. The van der Waals surface area contributed by atoms with Gasteiger partial charge in [0.1, 0.15) is 16.7 Å². The minimum atomic E-state index is -1.12. The first kappa shape index (κ1) is 24.7. The van der Waals surface area contributed by atoms with E-state index in [2.05, 4.69) is 9.69 Å². The Morgan fingerprint density at radius 3 is 2.29 bits per heavy atom. The topological polar surface area (TPSA) is 152 Å². The van der Waals surface area contributed by atoms with E-state index in [1.165, 1.54) is 17.0 Å². The Kier molecular flexibility index (Phi) is 6.92. The quantitative estimate of drug-likeness (QED) is 0.424. The van der Waals surface area contributed by atoms with Crippen LogP contribution in [-0.2, 0) is 4.79 Å². The van der Waals surface area contributed by atoms with Gasteiger partial charge in [-0.25, -0.2) is 0 Å². The number of aromatic nitrogens is 1. The lowest BCUT2D eigenvalue weighted by Crippen LogP contribution is -2.49. The number of rotatable bonds is 6. The zero-order valence-electron chi connectivity index (χ0n) is 19.3. The molecule has 1 heterocycles. The summed E-state index contributed by atoms with van der Waals surface area (Å²) in [5, 5.41) is 12.7. The molecule has 1 atom stereocenters. The second-order valence-electron chi connectivity index (χ2n) is 8.89. The summed E-state index contributed by atoms with van der Waals surface area (Å²) in [6, 6.07) is 12.0. The van der Waals surface area contributed by atoms with Gasteiger partial charge in [0, 0.05) is 11.2 Å². The van der Waals surface area contributed by atoms with E-state index in [9.17, 15) is 19.5 Å². The summed E-state index contributed by atoms with van der Waals surface area (Å²) in [7, 11) is 0. The SMILES string of the molecule is Cc1cccc(N(C(=O)c2snc(C(N)=O)c2N)C(C(=O)NC(C)(C)C)c2ccc(O)cc2)c1. The molecule has 3 amide bonds. The van der Waals surface area contributed by atoms with Gasteiger partial charge in [0.05, 0.1) is 5.69 Å². The number of nitrogens with one attached hydrogen (secondary N) is 1. The summed E-state index contributed by atoms with van der Waals surface area (Å²) >= 11 is 0.741. The summed E-state index contributed by atoms with van der Waals surface area (Å²) in [6.45, 7) is 7.36. The molecule has 3 aromatic rings. The first-order chi connectivity index (χ1) is 15.9. The van der Waals surface area contributed by atoms with Crippen molar-refractivity contribution in [3.05, 3.63) is 70.2 Å². The predicted molar refractivity (Wildman–Crippen MR) is 132 cm³/mol. The maximum atomic E-state index is 13.9. The highest BCUT2D eigenvalue weighted by atomic mass is 32.1. The number of nitrogen functional groups attached to an aromatic ring is 1. The Morgan fingerprint density at radius 1 is 1.12 bits per heavy atom. The van der Waals surface area contributed by atoms with Crippen molar-refractivity contribution in [2.45, 2.75) is 39.3 Å². The third-order valence-corrected chi connectivity index (χ3v) is 5.72. The molecule has 3 rings (SSSR count). The van der Waals surface area contributed by atoms with Gasteiger partial charge in [0.2, 0.25) is 5.91 Å². The molecule has 2 aromatic carbocycles. The molecule has 6 N–H and O–H groups in total. The third-order valence-electron chi connectivity index (χ3n) is 4.87. The fourth-order valence-electron chi connectivity index (χ4n) is 3.41. The van der Waals surface area contributed by atoms with Crippen LogP contribution in [0.1, 0.15) is 58.1 Å². The van der Waals surface area contributed by atoms with Crippen LogP contribution in [0.15, 0.2) is 48.5 Å². The molecule has 0 aliphatic heterocycles. The number of primary amides is 1. The Hall–Kier alpha value is -3.92. The number of nitrogens with two attached hydrogens (primary N) is 2. The normalized spacial score (nSPS) is 12.1. The number of phenols is 1. The van der Waals surface area contributed by atoms with E-state index >= 15 is 0 Å². The lowest BCUT2D eigenvalue weighted by molar-refractivity contribution is -0.123. The summed E-state index contributed by atoms with van der Waals surface area (Å²) in [5.41, 5.74) is 12.2. The molecule has 0 saturated heterocycles. The van der Waals surface area contributed by atoms with E-state index in [4.69, 9.17) is 11.5 Å². The number of amides is 3. The number of hydrogen-bond acceptors (Lipinski definition) is 7. The molecule has 1 aromatic heterocycles. The van der Waals surface area contributed by atoms with Crippen molar-refractivity contribution in [2.75, 3.05) is 10.6 Å². The van der Waals surface area contributed by atoms with Crippen LogP contribution < -0.4 is 21.7 Å². The number of carbonyl (C=O) groups excluding carboxylic acids is 3. The van der Waals surface area contributed by atoms with Gasteiger partial charge in [-0.05, 0) is 74.6 Å². The molecule has 0 bridgehead atoms. The van der Waals surface area contributed by atoms with Gasteiger partial charge in [-0.15, -0.1) is 0 Å². The number of aryl methyl sites for hydroxylation is 1. The number of anilines is 2. The van der Waals surface area contributed by atoms with Crippen molar-refractivity contribution < 1.29 is 19.5 Å². The van der Waals surface area contributed by atoms with Crippen LogP contribution in [0.25, 0.3) is 0 Å². The number of hydrogen-bond donors (Lipinski definition) is 4. The highest BCUT2D eigenvalue weighted by molar-refractivity contribution is 7.09. The Balaban J connectivity index is 2.24. The van der Waals surface area contributed by atoms with Crippen molar-refractivity contribution in [1.29, 1.82) is 0 Å². The highest BCUT2D eigenvalue weighted by Crippen LogP contribution is 2.34.